The molecule has 0 aliphatic carbocycles. The Bertz CT molecular complexity index is 814. The molecule has 0 unspecified atom stereocenters. The molecule has 2 aromatic heterocycles. The number of carbonyl (C=O) groups excluding carboxylic acids is 1. The lowest BCUT2D eigenvalue weighted by molar-refractivity contribution is 0.102. The Morgan fingerprint density at radius 2 is 1.96 bits per heavy atom. The Kier molecular flexibility index (Phi) is 4.34. The summed E-state index contributed by atoms with van der Waals surface area (Å²) in [5, 5.41) is 3.66. The molecule has 5 nitrogen and oxygen atoms in total. The zero-order valence-electron chi connectivity index (χ0n) is 12.7. The molecular weight excluding hydrogens is 310 g/mol. The normalized spacial score (nSPS) is 10.3. The van der Waals surface area contributed by atoms with Gasteiger partial charge in [0.2, 0.25) is 5.88 Å². The molecule has 1 aromatic carbocycles. The van der Waals surface area contributed by atoms with Crippen LogP contribution in [0.25, 0.3) is 10.6 Å². The molecule has 0 saturated carbocycles. The molecule has 0 radical (unpaired) electrons. The fourth-order valence-electron chi connectivity index (χ4n) is 2.07. The number of ether oxygens (including phenoxy) is 1. The maximum atomic E-state index is 12.4. The third-order valence-corrected chi connectivity index (χ3v) is 4.43. The van der Waals surface area contributed by atoms with Crippen LogP contribution in [0.2, 0.25) is 0 Å². The van der Waals surface area contributed by atoms with E-state index >= 15 is 0 Å². The zero-order chi connectivity index (χ0) is 16.2. The first-order chi connectivity index (χ1) is 11.2. The van der Waals surface area contributed by atoms with Crippen LogP contribution < -0.4 is 10.1 Å². The summed E-state index contributed by atoms with van der Waals surface area (Å²) in [5.74, 6) is 0.317. The number of nitrogens with zero attached hydrogens (tertiary/aromatic N) is 2. The van der Waals surface area contributed by atoms with Crippen LogP contribution in [0, 0.1) is 6.92 Å². The fraction of sp³-hybridized carbons (Fsp3) is 0.118. The Labute approximate surface area is 138 Å². The predicted molar refractivity (Wildman–Crippen MR) is 91.0 cm³/mol. The van der Waals surface area contributed by atoms with Crippen LogP contribution in [0.5, 0.6) is 5.88 Å². The predicted octanol–water partition coefficient (Wildman–Crippen LogP) is 3.77. The monoisotopic (exact) mass is 325 g/mol. The number of thiazole rings is 1. The molecule has 0 aliphatic heterocycles. The summed E-state index contributed by atoms with van der Waals surface area (Å²) in [6, 6.07) is 13.3. The molecule has 6 heteroatoms. The van der Waals surface area contributed by atoms with Crippen molar-refractivity contribution in [3.05, 3.63) is 59.2 Å². The van der Waals surface area contributed by atoms with Gasteiger partial charge in [0.15, 0.2) is 0 Å². The highest BCUT2D eigenvalue weighted by molar-refractivity contribution is 7.17. The average Bonchev–Trinajstić information content (AvgIpc) is 2.98. The van der Waals surface area contributed by atoms with Crippen LogP contribution in [0.15, 0.2) is 48.7 Å². The number of nitrogens with one attached hydrogen (secondary N) is 1. The summed E-state index contributed by atoms with van der Waals surface area (Å²) < 4.78 is 5.00. The van der Waals surface area contributed by atoms with E-state index in [0.717, 1.165) is 10.6 Å². The van der Waals surface area contributed by atoms with Crippen LogP contribution >= 0.6 is 11.3 Å². The van der Waals surface area contributed by atoms with Crippen molar-refractivity contribution < 1.29 is 9.53 Å². The van der Waals surface area contributed by atoms with Gasteiger partial charge in [-0.1, -0.05) is 30.3 Å². The first kappa shape index (κ1) is 15.2. The summed E-state index contributed by atoms with van der Waals surface area (Å²) >= 11 is 1.38. The summed E-state index contributed by atoms with van der Waals surface area (Å²) in [4.78, 5) is 21.6. The first-order valence-corrected chi connectivity index (χ1v) is 7.83. The topological polar surface area (TPSA) is 64.1 Å². The highest BCUT2D eigenvalue weighted by Gasteiger charge is 2.16. The third kappa shape index (κ3) is 3.37. The van der Waals surface area contributed by atoms with E-state index in [0.29, 0.717) is 22.1 Å². The van der Waals surface area contributed by atoms with E-state index < -0.39 is 0 Å². The Morgan fingerprint density at radius 1 is 1.17 bits per heavy atom. The second-order valence-electron chi connectivity index (χ2n) is 4.84. The van der Waals surface area contributed by atoms with Crippen molar-refractivity contribution in [2.24, 2.45) is 0 Å². The van der Waals surface area contributed by atoms with Crippen LogP contribution in [0.3, 0.4) is 0 Å². The first-order valence-electron chi connectivity index (χ1n) is 7.01. The second kappa shape index (κ2) is 6.58. The average molecular weight is 325 g/mol. The SMILES string of the molecule is COc1ccc(NC(=O)c2sc(-c3ccccc3)nc2C)cn1. The van der Waals surface area contributed by atoms with E-state index in [4.69, 9.17) is 4.74 Å². The fourth-order valence-corrected chi connectivity index (χ4v) is 3.04. The Morgan fingerprint density at radius 3 is 2.61 bits per heavy atom. The lowest BCUT2D eigenvalue weighted by atomic mass is 10.2. The largest absolute Gasteiger partial charge is 0.481 e. The molecule has 2 heterocycles. The third-order valence-electron chi connectivity index (χ3n) is 3.23. The van der Waals surface area contributed by atoms with E-state index in [1.807, 2.05) is 37.3 Å². The van der Waals surface area contributed by atoms with Gasteiger partial charge in [-0.15, -0.1) is 11.3 Å². The number of benzene rings is 1. The number of aromatic nitrogens is 2. The van der Waals surface area contributed by atoms with Gasteiger partial charge in [-0.3, -0.25) is 4.79 Å². The standard InChI is InChI=1S/C17H15N3O2S/c1-11-15(23-17(19-11)12-6-4-3-5-7-12)16(21)20-13-8-9-14(22-2)18-10-13/h3-10H,1-2H3,(H,20,21). The highest BCUT2D eigenvalue weighted by Crippen LogP contribution is 2.28. The molecular formula is C17H15N3O2S. The molecule has 0 atom stereocenters. The lowest BCUT2D eigenvalue weighted by Gasteiger charge is -2.04. The van der Waals surface area contributed by atoms with Gasteiger partial charge in [0.05, 0.1) is 24.7 Å². The zero-order valence-corrected chi connectivity index (χ0v) is 13.6. The van der Waals surface area contributed by atoms with E-state index in [-0.39, 0.29) is 5.91 Å². The van der Waals surface area contributed by atoms with Gasteiger partial charge in [-0.05, 0) is 13.0 Å². The maximum Gasteiger partial charge on any atom is 0.267 e. The number of hydrogen-bond donors (Lipinski definition) is 1. The van der Waals surface area contributed by atoms with Crippen molar-refractivity contribution in [3.8, 4) is 16.5 Å². The number of hydrogen-bond acceptors (Lipinski definition) is 5. The number of anilines is 1. The molecule has 0 bridgehead atoms. The molecule has 23 heavy (non-hydrogen) atoms. The molecule has 0 aliphatic rings. The van der Waals surface area contributed by atoms with Crippen molar-refractivity contribution in [3.63, 3.8) is 0 Å². The number of rotatable bonds is 4. The Balaban J connectivity index is 1.81. The van der Waals surface area contributed by atoms with Crippen LogP contribution in [0.1, 0.15) is 15.4 Å². The molecule has 3 aromatic rings. The van der Waals surface area contributed by atoms with Gasteiger partial charge in [0.1, 0.15) is 9.88 Å². The van der Waals surface area contributed by atoms with E-state index in [1.165, 1.54) is 11.3 Å². The number of pyridine rings is 1. The van der Waals surface area contributed by atoms with Crippen molar-refractivity contribution in [1.29, 1.82) is 0 Å². The Hall–Kier alpha value is -2.73. The number of aryl methyl sites for hydroxylation is 1. The molecule has 116 valence electrons. The van der Waals surface area contributed by atoms with Gasteiger partial charge in [-0.2, -0.15) is 0 Å². The van der Waals surface area contributed by atoms with E-state index in [2.05, 4.69) is 15.3 Å². The molecule has 0 saturated heterocycles. The van der Waals surface area contributed by atoms with E-state index in [1.54, 1.807) is 25.4 Å². The quantitative estimate of drug-likeness (QED) is 0.793. The van der Waals surface area contributed by atoms with E-state index in [9.17, 15) is 4.79 Å². The van der Waals surface area contributed by atoms with Crippen molar-refractivity contribution in [1.82, 2.24) is 9.97 Å². The summed E-state index contributed by atoms with van der Waals surface area (Å²) in [5.41, 5.74) is 2.34. The van der Waals surface area contributed by atoms with Crippen LogP contribution in [0.4, 0.5) is 5.69 Å². The smallest absolute Gasteiger partial charge is 0.267 e. The summed E-state index contributed by atoms with van der Waals surface area (Å²) in [6.45, 7) is 1.84. The van der Waals surface area contributed by atoms with Gasteiger partial charge < -0.3 is 10.1 Å². The minimum absolute atomic E-state index is 0.186. The van der Waals surface area contributed by atoms with Gasteiger partial charge in [0.25, 0.3) is 5.91 Å². The van der Waals surface area contributed by atoms with Crippen LogP contribution in [-0.2, 0) is 0 Å². The van der Waals surface area contributed by atoms with Crippen LogP contribution in [-0.4, -0.2) is 23.0 Å². The molecule has 0 spiro atoms. The molecule has 1 N–H and O–H groups in total. The van der Waals surface area contributed by atoms with Gasteiger partial charge in [-0.25, -0.2) is 9.97 Å². The molecule has 1 amide bonds. The molecule has 0 fully saturated rings. The maximum absolute atomic E-state index is 12.4. The summed E-state index contributed by atoms with van der Waals surface area (Å²) in [6.07, 6.45) is 1.56. The van der Waals surface area contributed by atoms with Crippen molar-refractivity contribution >= 4 is 22.9 Å². The second-order valence-corrected chi connectivity index (χ2v) is 5.84. The van der Waals surface area contributed by atoms with Gasteiger partial charge in [0, 0.05) is 11.6 Å². The number of amides is 1. The number of carbonyl (C=O) groups is 1. The number of methoxy groups -OCH3 is 1. The summed E-state index contributed by atoms with van der Waals surface area (Å²) in [7, 11) is 1.55. The minimum Gasteiger partial charge on any atom is -0.481 e. The van der Waals surface area contributed by atoms with Crippen molar-refractivity contribution in [2.45, 2.75) is 6.92 Å². The van der Waals surface area contributed by atoms with Gasteiger partial charge >= 0.3 is 0 Å². The minimum atomic E-state index is -0.186. The highest BCUT2D eigenvalue weighted by atomic mass is 32.1. The van der Waals surface area contributed by atoms with Crippen molar-refractivity contribution in [2.75, 3.05) is 12.4 Å². The molecule has 3 rings (SSSR count). The lowest BCUT2D eigenvalue weighted by Crippen LogP contribution is -2.11.